The molecule has 120 valence electrons. The molecule has 1 aliphatic rings. The molecule has 0 atom stereocenters. The summed E-state index contributed by atoms with van der Waals surface area (Å²) < 4.78 is 2.46. The Hall–Kier alpha value is -2.22. The zero-order valence-corrected chi connectivity index (χ0v) is 13.8. The molecule has 2 aromatic heterocycles. The van der Waals surface area contributed by atoms with Crippen LogP contribution < -0.4 is 0 Å². The molecule has 8 heteroatoms. The van der Waals surface area contributed by atoms with E-state index < -0.39 is 5.97 Å². The molecule has 0 aliphatic carbocycles. The first kappa shape index (κ1) is 15.7. The van der Waals surface area contributed by atoms with E-state index in [0.717, 1.165) is 17.3 Å². The highest BCUT2D eigenvalue weighted by Crippen LogP contribution is 2.23. The molecule has 0 unspecified atom stereocenters. The van der Waals surface area contributed by atoms with Crippen molar-refractivity contribution in [1.29, 1.82) is 0 Å². The number of carbonyl (C=O) groups excluding carboxylic acids is 1. The second kappa shape index (κ2) is 6.49. The van der Waals surface area contributed by atoms with Crippen molar-refractivity contribution in [2.24, 2.45) is 0 Å². The summed E-state index contributed by atoms with van der Waals surface area (Å²) in [6.07, 6.45) is 7.59. The predicted molar refractivity (Wildman–Crippen MR) is 85.3 cm³/mol. The predicted octanol–water partition coefficient (Wildman–Crippen LogP) is 2.22. The fourth-order valence-electron chi connectivity index (χ4n) is 2.69. The van der Waals surface area contributed by atoms with E-state index in [9.17, 15) is 9.59 Å². The topological polar surface area (TPSA) is 88.3 Å². The number of piperidine rings is 1. The number of carboxylic acid groups (broad SMARTS) is 1. The van der Waals surface area contributed by atoms with Crippen molar-refractivity contribution in [3.05, 3.63) is 46.5 Å². The fourth-order valence-corrected chi connectivity index (χ4v) is 3.06. The van der Waals surface area contributed by atoms with Crippen molar-refractivity contribution in [2.45, 2.75) is 18.9 Å². The second-order valence-electron chi connectivity index (χ2n) is 5.43. The summed E-state index contributed by atoms with van der Waals surface area (Å²) in [6.45, 7) is 1.22. The minimum Gasteiger partial charge on any atom is -0.478 e. The number of aromatic carboxylic acids is 1. The van der Waals surface area contributed by atoms with Crippen molar-refractivity contribution < 1.29 is 14.7 Å². The van der Waals surface area contributed by atoms with Crippen LogP contribution in [0.25, 0.3) is 0 Å². The molecule has 1 fully saturated rings. The first-order chi connectivity index (χ1) is 11.0. The van der Waals surface area contributed by atoms with E-state index in [1.54, 1.807) is 34.2 Å². The van der Waals surface area contributed by atoms with Crippen LogP contribution in [0.4, 0.5) is 0 Å². The van der Waals surface area contributed by atoms with Crippen LogP contribution in [0.15, 0.2) is 35.3 Å². The number of carboxylic acids is 1. The van der Waals surface area contributed by atoms with Gasteiger partial charge in [-0.25, -0.2) is 4.79 Å². The molecule has 0 bridgehead atoms. The van der Waals surface area contributed by atoms with Crippen LogP contribution in [0, 0.1) is 0 Å². The molecule has 3 rings (SSSR count). The van der Waals surface area contributed by atoms with Crippen molar-refractivity contribution in [1.82, 2.24) is 19.7 Å². The normalized spacial score (nSPS) is 15.6. The second-order valence-corrected chi connectivity index (χ2v) is 6.35. The van der Waals surface area contributed by atoms with Crippen LogP contribution in [-0.2, 0) is 0 Å². The summed E-state index contributed by atoms with van der Waals surface area (Å²) in [6, 6.07) is 1.88. The number of pyridine rings is 1. The molecule has 23 heavy (non-hydrogen) atoms. The van der Waals surface area contributed by atoms with Gasteiger partial charge in [-0.2, -0.15) is 5.10 Å². The maximum atomic E-state index is 12.5. The first-order valence-electron chi connectivity index (χ1n) is 7.22. The summed E-state index contributed by atoms with van der Waals surface area (Å²) in [5.41, 5.74) is 0.744. The van der Waals surface area contributed by atoms with E-state index >= 15 is 0 Å². The smallest absolute Gasteiger partial charge is 0.338 e. The highest BCUT2D eigenvalue weighted by atomic mass is 79.9. The Bertz CT molecular complexity index is 738. The van der Waals surface area contributed by atoms with E-state index in [0.29, 0.717) is 18.7 Å². The number of carbonyl (C=O) groups is 2. The van der Waals surface area contributed by atoms with Crippen LogP contribution in [0.2, 0.25) is 0 Å². The van der Waals surface area contributed by atoms with E-state index in [1.807, 2.05) is 0 Å². The third-order valence-corrected chi connectivity index (χ3v) is 4.36. The van der Waals surface area contributed by atoms with Crippen molar-refractivity contribution >= 4 is 27.8 Å². The maximum Gasteiger partial charge on any atom is 0.338 e. The van der Waals surface area contributed by atoms with Gasteiger partial charge in [-0.05, 0) is 34.8 Å². The van der Waals surface area contributed by atoms with Gasteiger partial charge < -0.3 is 10.0 Å². The van der Waals surface area contributed by atoms with Gasteiger partial charge in [-0.15, -0.1) is 0 Å². The number of hydrogen-bond donors (Lipinski definition) is 1. The molecule has 1 N–H and O–H groups in total. The van der Waals surface area contributed by atoms with Crippen LogP contribution in [-0.4, -0.2) is 49.7 Å². The summed E-state index contributed by atoms with van der Waals surface area (Å²) in [4.78, 5) is 29.2. The summed E-state index contributed by atoms with van der Waals surface area (Å²) in [5, 5.41) is 13.1. The lowest BCUT2D eigenvalue weighted by Crippen LogP contribution is -2.39. The minimum atomic E-state index is -0.981. The lowest BCUT2D eigenvalue weighted by atomic mass is 10.0. The highest BCUT2D eigenvalue weighted by Gasteiger charge is 2.25. The van der Waals surface area contributed by atoms with Gasteiger partial charge in [0.15, 0.2) is 0 Å². The molecular weight excluding hydrogens is 364 g/mol. The van der Waals surface area contributed by atoms with E-state index in [4.69, 9.17) is 5.11 Å². The zero-order valence-electron chi connectivity index (χ0n) is 12.2. The van der Waals surface area contributed by atoms with Gasteiger partial charge in [-0.1, -0.05) is 0 Å². The average molecular weight is 379 g/mol. The Balaban J connectivity index is 1.63. The quantitative estimate of drug-likeness (QED) is 0.884. The van der Waals surface area contributed by atoms with E-state index in [-0.39, 0.29) is 17.5 Å². The Morgan fingerprint density at radius 1 is 1.17 bits per heavy atom. The largest absolute Gasteiger partial charge is 0.478 e. The molecule has 0 spiro atoms. The van der Waals surface area contributed by atoms with Gasteiger partial charge in [0.2, 0.25) is 0 Å². The van der Waals surface area contributed by atoms with Crippen LogP contribution in [0.1, 0.15) is 39.6 Å². The van der Waals surface area contributed by atoms with Gasteiger partial charge in [0, 0.05) is 36.2 Å². The summed E-state index contributed by atoms with van der Waals surface area (Å²) in [5.74, 6) is -1.02. The lowest BCUT2D eigenvalue weighted by Gasteiger charge is -2.32. The molecule has 2 aromatic rings. The standard InChI is InChI=1S/C15H15BrN4O3/c16-12-5-10(6-17-8-12)14(21)19-3-1-13(2-4-19)20-9-11(7-18-20)15(22)23/h5-9,13H,1-4H2,(H,22,23). The molecule has 1 amide bonds. The van der Waals surface area contributed by atoms with Crippen molar-refractivity contribution in [2.75, 3.05) is 13.1 Å². The Morgan fingerprint density at radius 3 is 2.52 bits per heavy atom. The highest BCUT2D eigenvalue weighted by molar-refractivity contribution is 9.10. The molecule has 7 nitrogen and oxygen atoms in total. The average Bonchev–Trinajstić information content (AvgIpc) is 3.04. The molecule has 1 saturated heterocycles. The van der Waals surface area contributed by atoms with Gasteiger partial charge in [0.05, 0.1) is 23.4 Å². The molecule has 1 aliphatic heterocycles. The Labute approximate surface area is 141 Å². The number of amides is 1. The third-order valence-electron chi connectivity index (χ3n) is 3.93. The molecule has 3 heterocycles. The molecule has 0 radical (unpaired) electrons. The SMILES string of the molecule is O=C(O)c1cnn(C2CCN(C(=O)c3cncc(Br)c3)CC2)c1. The number of likely N-dealkylation sites (tertiary alicyclic amines) is 1. The number of halogens is 1. The lowest BCUT2D eigenvalue weighted by molar-refractivity contribution is 0.0687. The number of rotatable bonds is 3. The van der Waals surface area contributed by atoms with Gasteiger partial charge >= 0.3 is 5.97 Å². The fraction of sp³-hybridized carbons (Fsp3) is 0.333. The van der Waals surface area contributed by atoms with Crippen molar-refractivity contribution in [3.63, 3.8) is 0 Å². The Kier molecular flexibility index (Phi) is 4.42. The molecular formula is C15H15BrN4O3. The number of hydrogen-bond acceptors (Lipinski definition) is 4. The van der Waals surface area contributed by atoms with Gasteiger partial charge in [0.25, 0.3) is 5.91 Å². The Morgan fingerprint density at radius 2 is 1.91 bits per heavy atom. The van der Waals surface area contributed by atoms with Crippen LogP contribution in [0.5, 0.6) is 0 Å². The third kappa shape index (κ3) is 3.42. The molecule has 0 aromatic carbocycles. The van der Waals surface area contributed by atoms with Gasteiger partial charge in [0.1, 0.15) is 0 Å². The maximum absolute atomic E-state index is 12.5. The van der Waals surface area contributed by atoms with Gasteiger partial charge in [-0.3, -0.25) is 14.5 Å². The zero-order chi connectivity index (χ0) is 16.4. The summed E-state index contributed by atoms with van der Waals surface area (Å²) >= 11 is 3.32. The van der Waals surface area contributed by atoms with Crippen LogP contribution >= 0.6 is 15.9 Å². The number of nitrogens with zero attached hydrogens (tertiary/aromatic N) is 4. The van der Waals surface area contributed by atoms with Crippen LogP contribution in [0.3, 0.4) is 0 Å². The van der Waals surface area contributed by atoms with Crippen molar-refractivity contribution in [3.8, 4) is 0 Å². The van der Waals surface area contributed by atoms with E-state index in [1.165, 1.54) is 6.20 Å². The first-order valence-corrected chi connectivity index (χ1v) is 8.01. The van der Waals surface area contributed by atoms with E-state index in [2.05, 4.69) is 26.0 Å². The monoisotopic (exact) mass is 378 g/mol. The summed E-state index contributed by atoms with van der Waals surface area (Å²) in [7, 11) is 0. The molecule has 0 saturated carbocycles. The minimum absolute atomic E-state index is 0.0380. The number of aromatic nitrogens is 3.